The summed E-state index contributed by atoms with van der Waals surface area (Å²) in [6.45, 7) is 4.03. The Morgan fingerprint density at radius 2 is 2.10 bits per heavy atom. The third-order valence-corrected chi connectivity index (χ3v) is 6.87. The fraction of sp³-hybridized carbons (Fsp3) is 0.417. The molecule has 31 heavy (non-hydrogen) atoms. The number of ether oxygens (including phenoxy) is 2. The first-order valence-electron chi connectivity index (χ1n) is 10.7. The van der Waals surface area contributed by atoms with E-state index in [1.54, 1.807) is 23.9 Å². The average Bonchev–Trinajstić information content (AvgIpc) is 2.74. The zero-order chi connectivity index (χ0) is 21.6. The third kappa shape index (κ3) is 3.63. The second-order valence-electron chi connectivity index (χ2n) is 9.14. The number of benzene rings is 1. The Kier molecular flexibility index (Phi) is 4.66. The van der Waals surface area contributed by atoms with Crippen LogP contribution < -0.4 is 21.3 Å². The molecule has 2 aromatic heterocycles. The van der Waals surface area contributed by atoms with E-state index < -0.39 is 0 Å². The van der Waals surface area contributed by atoms with Gasteiger partial charge in [-0.05, 0) is 61.9 Å². The lowest BCUT2D eigenvalue weighted by Crippen LogP contribution is -2.63. The molecule has 3 fully saturated rings. The van der Waals surface area contributed by atoms with Crippen LogP contribution in [-0.2, 0) is 11.8 Å². The summed E-state index contributed by atoms with van der Waals surface area (Å²) in [4.78, 5) is 16.2. The predicted octanol–water partition coefficient (Wildman–Crippen LogP) is 3.25. The Hall–Kier alpha value is -3.06. The van der Waals surface area contributed by atoms with Gasteiger partial charge in [0.25, 0.3) is 5.56 Å². The van der Waals surface area contributed by atoms with Crippen LogP contribution in [0.15, 0.2) is 47.4 Å². The molecule has 6 rings (SSSR count). The van der Waals surface area contributed by atoms with Crippen LogP contribution in [0, 0.1) is 12.3 Å². The number of fused-ring (bicyclic) bond motifs is 3. The number of hydrogen-bond donors (Lipinski definition) is 2. The van der Waals surface area contributed by atoms with Gasteiger partial charge in [-0.3, -0.25) is 4.79 Å². The summed E-state index contributed by atoms with van der Waals surface area (Å²) in [5, 5.41) is 5.58. The molecule has 0 spiro atoms. The Morgan fingerprint density at radius 1 is 1.26 bits per heavy atom. The summed E-state index contributed by atoms with van der Waals surface area (Å²) in [5.41, 5.74) is 7.82. The number of nitrogens with two attached hydrogens (primary N) is 1. The van der Waals surface area contributed by atoms with Gasteiger partial charge in [0.05, 0.1) is 12.2 Å². The summed E-state index contributed by atoms with van der Waals surface area (Å²) < 4.78 is 13.9. The van der Waals surface area contributed by atoms with Gasteiger partial charge in [-0.1, -0.05) is 0 Å². The number of nitrogen functional groups attached to an aromatic ring is 1. The molecule has 2 aliphatic heterocycles. The highest BCUT2D eigenvalue weighted by Gasteiger charge is 2.58. The number of nitrogens with zero attached hydrogens (tertiary/aromatic N) is 2. The molecular weight excluding hydrogens is 392 g/mol. The molecule has 3 aromatic rings. The summed E-state index contributed by atoms with van der Waals surface area (Å²) in [6.07, 6.45) is 4.64. The number of anilines is 2. The van der Waals surface area contributed by atoms with Gasteiger partial charge >= 0.3 is 0 Å². The molecular formula is C24H28N4O3. The van der Waals surface area contributed by atoms with Crippen LogP contribution in [0.1, 0.15) is 25.0 Å². The van der Waals surface area contributed by atoms with Crippen molar-refractivity contribution in [2.45, 2.75) is 31.8 Å². The quantitative estimate of drug-likeness (QED) is 0.636. The number of nitrogens with one attached hydrogen (secondary N) is 1. The average molecular weight is 421 g/mol. The van der Waals surface area contributed by atoms with Gasteiger partial charge in [0, 0.05) is 54.6 Å². The maximum atomic E-state index is 12.0. The minimum absolute atomic E-state index is 0.0421. The Morgan fingerprint density at radius 3 is 2.90 bits per heavy atom. The first-order valence-corrected chi connectivity index (χ1v) is 10.7. The summed E-state index contributed by atoms with van der Waals surface area (Å²) in [6, 6.07) is 11.6. The van der Waals surface area contributed by atoms with E-state index in [9.17, 15) is 4.79 Å². The van der Waals surface area contributed by atoms with Crippen molar-refractivity contribution in [2.24, 2.45) is 12.5 Å². The highest BCUT2D eigenvalue weighted by Crippen LogP contribution is 2.56. The summed E-state index contributed by atoms with van der Waals surface area (Å²) >= 11 is 0. The molecule has 7 heteroatoms. The highest BCUT2D eigenvalue weighted by atomic mass is 16.5. The molecule has 2 saturated heterocycles. The molecule has 4 heterocycles. The first-order chi connectivity index (χ1) is 14.9. The van der Waals surface area contributed by atoms with Gasteiger partial charge in [0.1, 0.15) is 11.6 Å². The minimum Gasteiger partial charge on any atom is -0.493 e. The van der Waals surface area contributed by atoms with Crippen molar-refractivity contribution in [3.63, 3.8) is 0 Å². The van der Waals surface area contributed by atoms with Gasteiger partial charge in [0.15, 0.2) is 0 Å². The number of aromatic nitrogens is 2. The van der Waals surface area contributed by atoms with E-state index in [1.165, 1.54) is 0 Å². The van der Waals surface area contributed by atoms with Crippen LogP contribution in [0.4, 0.5) is 11.5 Å². The van der Waals surface area contributed by atoms with Crippen molar-refractivity contribution < 1.29 is 9.47 Å². The second kappa shape index (κ2) is 7.27. The van der Waals surface area contributed by atoms with Crippen molar-refractivity contribution in [3.05, 3.63) is 58.6 Å². The van der Waals surface area contributed by atoms with Crippen molar-refractivity contribution in [2.75, 3.05) is 30.8 Å². The van der Waals surface area contributed by atoms with Crippen LogP contribution >= 0.6 is 0 Å². The smallest absolute Gasteiger partial charge is 0.254 e. The van der Waals surface area contributed by atoms with E-state index in [-0.39, 0.29) is 16.6 Å². The molecule has 2 bridgehead atoms. The van der Waals surface area contributed by atoms with Crippen LogP contribution in [-0.4, -0.2) is 34.9 Å². The molecule has 1 aromatic carbocycles. The van der Waals surface area contributed by atoms with E-state index in [2.05, 4.69) is 16.4 Å². The standard InChI is InChI=1S/C24H28N4O3/c1-16-9-19(11-21(29)28(16)2)30-15-23-6-8-31-24(12-23,13-23)14-27-18-3-4-20-17(10-18)5-7-26-22(20)25/h3-5,7,9-11,27H,6,8,12-15H2,1-2H3,(H2,25,26). The van der Waals surface area contributed by atoms with Crippen molar-refractivity contribution in [1.82, 2.24) is 9.55 Å². The summed E-state index contributed by atoms with van der Waals surface area (Å²) in [5.74, 6) is 1.20. The van der Waals surface area contributed by atoms with E-state index in [1.807, 2.05) is 31.2 Å². The zero-order valence-corrected chi connectivity index (χ0v) is 18.0. The third-order valence-electron chi connectivity index (χ3n) is 6.87. The highest BCUT2D eigenvalue weighted by molar-refractivity contribution is 5.92. The van der Waals surface area contributed by atoms with Crippen LogP contribution in [0.3, 0.4) is 0 Å². The van der Waals surface area contributed by atoms with Gasteiger partial charge in [-0.25, -0.2) is 4.98 Å². The topological polar surface area (TPSA) is 91.4 Å². The fourth-order valence-corrected chi connectivity index (χ4v) is 5.06. The monoisotopic (exact) mass is 420 g/mol. The number of pyridine rings is 2. The van der Waals surface area contributed by atoms with Crippen molar-refractivity contribution in [1.29, 1.82) is 0 Å². The van der Waals surface area contributed by atoms with Crippen LogP contribution in [0.2, 0.25) is 0 Å². The first kappa shape index (κ1) is 19.9. The molecule has 3 N–H and O–H groups in total. The molecule has 0 radical (unpaired) electrons. The van der Waals surface area contributed by atoms with Gasteiger partial charge in [-0.2, -0.15) is 0 Å². The lowest BCUT2D eigenvalue weighted by Gasteiger charge is -2.59. The number of aryl methyl sites for hydroxylation is 1. The van der Waals surface area contributed by atoms with Gasteiger partial charge in [-0.15, -0.1) is 0 Å². The molecule has 162 valence electrons. The second-order valence-corrected chi connectivity index (χ2v) is 9.14. The number of rotatable bonds is 6. The molecule has 3 aliphatic rings. The Balaban J connectivity index is 1.22. The Bertz CT molecular complexity index is 1200. The number of hydrogen-bond acceptors (Lipinski definition) is 6. The predicted molar refractivity (Wildman–Crippen MR) is 122 cm³/mol. The zero-order valence-electron chi connectivity index (χ0n) is 18.0. The molecule has 1 aliphatic carbocycles. The molecule has 1 saturated carbocycles. The minimum atomic E-state index is -0.156. The van der Waals surface area contributed by atoms with Crippen molar-refractivity contribution >= 4 is 22.3 Å². The van der Waals surface area contributed by atoms with E-state index in [0.717, 1.165) is 54.6 Å². The van der Waals surface area contributed by atoms with E-state index in [4.69, 9.17) is 15.2 Å². The Labute approximate surface area is 181 Å². The molecule has 0 unspecified atom stereocenters. The van der Waals surface area contributed by atoms with Crippen LogP contribution in [0.5, 0.6) is 5.75 Å². The van der Waals surface area contributed by atoms with Crippen LogP contribution in [0.25, 0.3) is 10.8 Å². The van der Waals surface area contributed by atoms with Gasteiger partial charge < -0.3 is 25.1 Å². The normalized spacial score (nSPS) is 24.6. The lowest BCUT2D eigenvalue weighted by molar-refractivity contribution is -0.225. The maximum Gasteiger partial charge on any atom is 0.254 e. The van der Waals surface area contributed by atoms with Gasteiger partial charge in [0.2, 0.25) is 0 Å². The van der Waals surface area contributed by atoms with Crippen molar-refractivity contribution in [3.8, 4) is 5.75 Å². The molecule has 7 nitrogen and oxygen atoms in total. The molecule has 0 atom stereocenters. The maximum absolute atomic E-state index is 12.0. The molecule has 0 amide bonds. The summed E-state index contributed by atoms with van der Waals surface area (Å²) in [7, 11) is 1.77. The van der Waals surface area contributed by atoms with E-state index in [0.29, 0.717) is 18.2 Å². The van der Waals surface area contributed by atoms with E-state index >= 15 is 0 Å². The lowest BCUT2D eigenvalue weighted by atomic mass is 9.56. The SMILES string of the molecule is Cc1cc(OCC23CCOC(CNc4ccc5c(N)nccc5c4)(C2)C3)cc(=O)n1C. The fourth-order valence-electron chi connectivity index (χ4n) is 5.06. The largest absolute Gasteiger partial charge is 0.493 e.